The molecule has 2 saturated carbocycles. The standard InChI is InChI=1S/C36H50N8O6S.C34H46N8O7S/c1-9-10-22(28(45)32(47)39-20-11-12-20)40-31(46)24-15-21(18-44(24)33(48)30(35(2,3)4)41-34(49)42-36(5,6)7)50-26-13-14-38-23-16-27(51-29(23)26)25-17-37-19-43(25)8;1-8-9-20(23(43)28(45)36-18-10-11-18)38-27(44)22-16-19(17-42(22)31(46)25(33(2,3)4)39-32(47)41-34(5,6)7)49-29-24-21(12-15-50-24)37-26(40-29)30-35-13-14-48-30/h13-14,16-17,19-22,24,30H,9-12,15,18H2,1-8H3,(H,39,47)(H,40,46)(H2,41,42,49);12-15,18-20,22,25H,8-11,16-17H2,1-7H3,(H,36,45)(H,38,44)(H2,39,41,47)/t21-,22+,24+,30-;19-,20+,22+,25-/m11/s1. The number of aryl methyl sites for hydroxylation is 1. The van der Waals surface area contributed by atoms with Gasteiger partial charge in [0.2, 0.25) is 46.9 Å². The molecule has 6 aromatic rings. The van der Waals surface area contributed by atoms with Crippen molar-refractivity contribution in [1.82, 2.24) is 81.8 Å². The third-order valence-electron chi connectivity index (χ3n) is 17.1. The molecule has 4 fully saturated rings. The first kappa shape index (κ1) is 76.1. The Kier molecular flexibility index (Phi) is 23.6. The zero-order valence-corrected chi connectivity index (χ0v) is 61.8. The van der Waals surface area contributed by atoms with E-state index in [2.05, 4.69) is 67.5 Å². The Bertz CT molecular complexity index is 4020. The minimum atomic E-state index is -1.09. The van der Waals surface area contributed by atoms with Crippen molar-refractivity contribution in [3.8, 4) is 33.9 Å². The van der Waals surface area contributed by atoms with Crippen LogP contribution in [0.15, 0.2) is 59.2 Å². The largest absolute Gasteiger partial charge is 0.487 e. The van der Waals surface area contributed by atoms with E-state index in [0.717, 1.165) is 46.5 Å². The van der Waals surface area contributed by atoms with E-state index in [1.165, 1.54) is 44.9 Å². The Morgan fingerprint density at radius 1 is 0.634 bits per heavy atom. The summed E-state index contributed by atoms with van der Waals surface area (Å²) in [6.45, 7) is 25.7. The van der Waals surface area contributed by atoms with Gasteiger partial charge in [0.05, 0.1) is 70.2 Å². The lowest BCUT2D eigenvalue weighted by atomic mass is 9.85. The molecule has 8 N–H and O–H groups in total. The highest BCUT2D eigenvalue weighted by molar-refractivity contribution is 7.22. The topological polar surface area (TPSA) is 374 Å². The SMILES string of the molecule is CCC[C@H](NC(=O)[C@@H]1C[C@@H](Oc2ccnc3cc(-c4cncn4C)sc23)CN1C(=O)[C@@H](NC(=O)NC(C)(C)C)C(C)(C)C)C(=O)C(=O)NC1CC1.CCC[C@H](NC(=O)[C@@H]1C[C@@H](Oc2nc(-c3ncco3)nc3ccsc23)CN1C(=O)[C@@H](NC(=O)NC(C)(C)C)C(C)(C)C)C(=O)C(=O)NC1CC1. The number of ketones is 2. The number of likely N-dealkylation sites (tertiary alicyclic amines) is 2. The highest BCUT2D eigenvalue weighted by Gasteiger charge is 2.49. The molecule has 29 nitrogen and oxygen atoms in total. The fourth-order valence-corrected chi connectivity index (χ4v) is 13.6. The Labute approximate surface area is 595 Å². The summed E-state index contributed by atoms with van der Waals surface area (Å²) in [6, 6.07) is -1.83. The fourth-order valence-electron chi connectivity index (χ4n) is 11.7. The van der Waals surface area contributed by atoms with Gasteiger partial charge >= 0.3 is 12.1 Å². The maximum atomic E-state index is 14.5. The van der Waals surface area contributed by atoms with Crippen molar-refractivity contribution >= 4 is 102 Å². The number of nitrogens with zero attached hydrogens (tertiary/aromatic N) is 8. The van der Waals surface area contributed by atoms with Gasteiger partial charge in [-0.05, 0) is 114 Å². The van der Waals surface area contributed by atoms with E-state index in [1.807, 2.05) is 126 Å². The lowest BCUT2D eigenvalue weighted by Crippen LogP contribution is -2.61. The summed E-state index contributed by atoms with van der Waals surface area (Å²) in [4.78, 5) is 161. The Hall–Kier alpha value is -9.13. The number of pyridine rings is 1. The number of nitrogens with one attached hydrogen (secondary N) is 8. The molecular formula is C70H96N16O13S2. The third-order valence-corrected chi connectivity index (χ3v) is 19.1. The molecule has 2 aliphatic heterocycles. The molecule has 8 heterocycles. The van der Waals surface area contributed by atoms with Crippen molar-refractivity contribution in [2.24, 2.45) is 17.9 Å². The van der Waals surface area contributed by atoms with Gasteiger partial charge in [0, 0.05) is 49.2 Å². The van der Waals surface area contributed by atoms with Crippen molar-refractivity contribution in [2.75, 3.05) is 13.1 Å². The van der Waals surface area contributed by atoms with E-state index >= 15 is 0 Å². The molecule has 2 aliphatic carbocycles. The molecule has 4 aliphatic rings. The van der Waals surface area contributed by atoms with Gasteiger partial charge in [-0.3, -0.25) is 43.3 Å². The monoisotopic (exact) mass is 1430 g/mol. The number of ether oxygens (including phenoxy) is 2. The second-order valence-electron chi connectivity index (χ2n) is 30.5. The predicted molar refractivity (Wildman–Crippen MR) is 379 cm³/mol. The van der Waals surface area contributed by atoms with Crippen LogP contribution in [-0.4, -0.2) is 183 Å². The third kappa shape index (κ3) is 19.9. The average Bonchev–Trinajstić information content (AvgIpc) is 1.64. The van der Waals surface area contributed by atoms with Crippen LogP contribution in [0.25, 0.3) is 42.7 Å². The first-order valence-electron chi connectivity index (χ1n) is 34.4. The normalized spacial score (nSPS) is 19.0. The number of urea groups is 2. The van der Waals surface area contributed by atoms with Crippen LogP contribution in [-0.2, 0) is 45.4 Å². The molecule has 0 unspecified atom stereocenters. The smallest absolute Gasteiger partial charge is 0.315 e. The van der Waals surface area contributed by atoms with Gasteiger partial charge in [-0.2, -0.15) is 4.98 Å². The van der Waals surface area contributed by atoms with Crippen molar-refractivity contribution in [2.45, 2.75) is 233 Å². The van der Waals surface area contributed by atoms with Crippen LogP contribution in [0.2, 0.25) is 0 Å². The summed E-state index contributed by atoms with van der Waals surface area (Å²) in [5.41, 5.74) is -0.325. The van der Waals surface area contributed by atoms with Gasteiger partial charge < -0.3 is 70.8 Å². The van der Waals surface area contributed by atoms with Crippen LogP contribution < -0.4 is 52.0 Å². The van der Waals surface area contributed by atoms with Crippen LogP contribution in [0.5, 0.6) is 11.6 Å². The number of carbonyl (C=O) groups excluding carboxylic acids is 10. The first-order valence-corrected chi connectivity index (χ1v) is 36.1. The first-order chi connectivity index (χ1) is 47.5. The molecule has 31 heteroatoms. The number of imidazole rings is 1. The maximum absolute atomic E-state index is 14.5. The van der Waals surface area contributed by atoms with Crippen LogP contribution in [0.1, 0.15) is 161 Å². The Balaban J connectivity index is 0.000000235. The molecule has 546 valence electrons. The van der Waals surface area contributed by atoms with E-state index in [9.17, 15) is 47.9 Å². The van der Waals surface area contributed by atoms with Crippen LogP contribution in [0.3, 0.4) is 0 Å². The zero-order valence-electron chi connectivity index (χ0n) is 60.2. The van der Waals surface area contributed by atoms with Gasteiger partial charge in [0.15, 0.2) is 0 Å². The molecule has 2 saturated heterocycles. The van der Waals surface area contributed by atoms with Gasteiger partial charge in [-0.1, -0.05) is 68.2 Å². The molecule has 0 spiro atoms. The number of amides is 10. The molecule has 6 aromatic heterocycles. The number of oxazole rings is 1. The van der Waals surface area contributed by atoms with Crippen molar-refractivity contribution in [1.29, 1.82) is 0 Å². The zero-order chi connectivity index (χ0) is 73.6. The average molecular weight is 1430 g/mol. The summed E-state index contributed by atoms with van der Waals surface area (Å²) in [7, 11) is 1.91. The van der Waals surface area contributed by atoms with E-state index in [-0.39, 0.29) is 68.5 Å². The van der Waals surface area contributed by atoms with Gasteiger partial charge in [0.1, 0.15) is 53.1 Å². The highest BCUT2D eigenvalue weighted by atomic mass is 32.1. The predicted octanol–water partition coefficient (Wildman–Crippen LogP) is 7.03. The second-order valence-corrected chi connectivity index (χ2v) is 32.5. The molecule has 10 amide bonds. The van der Waals surface area contributed by atoms with Gasteiger partial charge in [-0.15, -0.1) is 22.7 Å². The summed E-state index contributed by atoms with van der Waals surface area (Å²) in [5, 5.41) is 24.1. The Morgan fingerprint density at radius 3 is 1.59 bits per heavy atom. The minimum Gasteiger partial charge on any atom is -0.487 e. The number of carbonyl (C=O) groups is 10. The number of aromatic nitrogens is 6. The van der Waals surface area contributed by atoms with E-state index in [1.54, 1.807) is 24.8 Å². The summed E-state index contributed by atoms with van der Waals surface area (Å²) in [6.07, 6.45) is 11.7. The molecule has 101 heavy (non-hydrogen) atoms. The van der Waals surface area contributed by atoms with Crippen LogP contribution >= 0.6 is 22.7 Å². The minimum absolute atomic E-state index is 0.0131. The van der Waals surface area contributed by atoms with Gasteiger partial charge in [0.25, 0.3) is 17.7 Å². The fraction of sp³-hybridized carbons (Fsp3) is 0.586. The number of Topliss-reactive ketones (excluding diaryl/α,β-unsaturated/α-hetero) is 2. The summed E-state index contributed by atoms with van der Waals surface area (Å²) in [5.74, 6) is -3.82. The van der Waals surface area contributed by atoms with Crippen molar-refractivity contribution in [3.63, 3.8) is 0 Å². The summed E-state index contributed by atoms with van der Waals surface area (Å²) < 4.78 is 21.8. The quantitative estimate of drug-likeness (QED) is 0.0282. The van der Waals surface area contributed by atoms with E-state index in [4.69, 9.17) is 13.9 Å². The number of thiophene rings is 2. The number of hydrogen-bond acceptors (Lipinski definition) is 20. The van der Waals surface area contributed by atoms with Crippen molar-refractivity contribution < 1.29 is 61.8 Å². The summed E-state index contributed by atoms with van der Waals surface area (Å²) >= 11 is 2.88. The lowest BCUT2D eigenvalue weighted by molar-refractivity contribution is -0.144. The second kappa shape index (κ2) is 31.4. The van der Waals surface area contributed by atoms with Crippen molar-refractivity contribution in [3.05, 3.63) is 54.8 Å². The molecule has 0 aromatic carbocycles. The maximum Gasteiger partial charge on any atom is 0.315 e. The van der Waals surface area contributed by atoms with E-state index in [0.29, 0.717) is 28.8 Å². The lowest BCUT2D eigenvalue weighted by Gasteiger charge is -2.36. The molecule has 0 bridgehead atoms. The number of fused-ring (bicyclic) bond motifs is 2. The molecule has 0 radical (unpaired) electrons. The van der Waals surface area contributed by atoms with E-state index < -0.39 is 129 Å². The van der Waals surface area contributed by atoms with Crippen LogP contribution in [0.4, 0.5) is 9.59 Å². The Morgan fingerprint density at radius 2 is 1.15 bits per heavy atom. The highest BCUT2D eigenvalue weighted by Crippen LogP contribution is 2.40. The van der Waals surface area contributed by atoms with Crippen LogP contribution in [0, 0.1) is 10.8 Å². The molecule has 10 rings (SSSR count). The molecular weight excluding hydrogens is 1340 g/mol. The number of hydrogen-bond donors (Lipinski definition) is 8. The molecule has 8 atom stereocenters. The number of rotatable bonds is 24. The van der Waals surface area contributed by atoms with Gasteiger partial charge in [-0.25, -0.2) is 24.5 Å².